The van der Waals surface area contributed by atoms with Crippen LogP contribution in [0.15, 0.2) is 85.1 Å². The Kier molecular flexibility index (Phi) is 9.16. The molecule has 42 heavy (non-hydrogen) atoms. The van der Waals surface area contributed by atoms with Crippen molar-refractivity contribution in [2.24, 2.45) is 0 Å². The quantitative estimate of drug-likeness (QED) is 0.177. The monoisotopic (exact) mass is 597 g/mol. The molecule has 1 N–H and O–H groups in total. The highest BCUT2D eigenvalue weighted by molar-refractivity contribution is 7.80. The number of nitrogens with one attached hydrogen (secondary N) is 1. The minimum Gasteiger partial charge on any atom is -0.497 e. The van der Waals surface area contributed by atoms with E-state index in [4.69, 9.17) is 26.4 Å². The number of alkyl halides is 3. The van der Waals surface area contributed by atoms with Gasteiger partial charge in [-0.15, -0.1) is 6.58 Å². The van der Waals surface area contributed by atoms with Crippen LogP contribution in [0.3, 0.4) is 0 Å². The van der Waals surface area contributed by atoms with Crippen molar-refractivity contribution in [3.63, 3.8) is 0 Å². The van der Waals surface area contributed by atoms with Gasteiger partial charge in [0, 0.05) is 17.9 Å². The average molecular weight is 598 g/mol. The molecule has 0 unspecified atom stereocenters. The topological polar surface area (TPSA) is 80.3 Å². The molecule has 0 bridgehead atoms. The molecule has 8 nitrogen and oxygen atoms in total. The zero-order chi connectivity index (χ0) is 30.4. The van der Waals surface area contributed by atoms with Gasteiger partial charge in [0.2, 0.25) is 0 Å². The lowest BCUT2D eigenvalue weighted by atomic mass is 10.1. The van der Waals surface area contributed by atoms with Gasteiger partial charge in [-0.3, -0.25) is 19.4 Å². The zero-order valence-corrected chi connectivity index (χ0v) is 23.4. The Morgan fingerprint density at radius 3 is 2.40 bits per heavy atom. The maximum atomic E-state index is 13.3. The minimum absolute atomic E-state index is 0.0154. The number of halogens is 3. The largest absolute Gasteiger partial charge is 0.497 e. The van der Waals surface area contributed by atoms with Gasteiger partial charge in [0.15, 0.2) is 23.2 Å². The Bertz CT molecular complexity index is 1540. The van der Waals surface area contributed by atoms with Crippen molar-refractivity contribution < 1.29 is 37.0 Å². The number of anilines is 2. The van der Waals surface area contributed by atoms with Crippen molar-refractivity contribution >= 4 is 46.6 Å². The lowest BCUT2D eigenvalue weighted by Crippen LogP contribution is -2.32. The number of nitrogens with zero attached hydrogens (tertiary/aromatic N) is 2. The van der Waals surface area contributed by atoms with Gasteiger partial charge in [0.05, 0.1) is 19.8 Å². The van der Waals surface area contributed by atoms with Gasteiger partial charge in [-0.25, -0.2) is 0 Å². The summed E-state index contributed by atoms with van der Waals surface area (Å²) in [6.45, 7) is 3.45. The SMILES string of the molecule is C=CCN1C(=O)C(=Cc2ccc(OCC(=O)Nc3cccc(C(F)(F)F)c3)c(OC)c2)N(c2ccc(OC)cc2)C1=S. The smallest absolute Gasteiger partial charge is 0.416 e. The average Bonchev–Trinajstić information content (AvgIpc) is 3.20. The van der Waals surface area contributed by atoms with Crippen molar-refractivity contribution in [2.75, 3.05) is 37.6 Å². The number of thiocarbonyl (C=S) groups is 1. The predicted molar refractivity (Wildman–Crippen MR) is 157 cm³/mol. The second kappa shape index (κ2) is 12.8. The van der Waals surface area contributed by atoms with E-state index in [0.29, 0.717) is 22.7 Å². The molecule has 0 aliphatic carbocycles. The first-order chi connectivity index (χ1) is 20.0. The molecule has 3 aromatic carbocycles. The van der Waals surface area contributed by atoms with Crippen LogP contribution in [-0.2, 0) is 15.8 Å². The van der Waals surface area contributed by atoms with Gasteiger partial charge in [-0.05, 0) is 78.5 Å². The summed E-state index contributed by atoms with van der Waals surface area (Å²) in [4.78, 5) is 28.8. The fourth-order valence-corrected chi connectivity index (χ4v) is 4.47. The zero-order valence-electron chi connectivity index (χ0n) is 22.6. The normalized spacial score (nSPS) is 14.3. The van der Waals surface area contributed by atoms with E-state index in [-0.39, 0.29) is 34.8 Å². The van der Waals surface area contributed by atoms with Crippen LogP contribution >= 0.6 is 12.2 Å². The molecule has 1 fully saturated rings. The highest BCUT2D eigenvalue weighted by Crippen LogP contribution is 2.34. The van der Waals surface area contributed by atoms with Crippen molar-refractivity contribution in [3.05, 3.63) is 96.2 Å². The predicted octanol–water partition coefficient (Wildman–Crippen LogP) is 5.90. The third-order valence-electron chi connectivity index (χ3n) is 6.09. The number of hydrogen-bond donors (Lipinski definition) is 1. The number of rotatable bonds is 10. The van der Waals surface area contributed by atoms with Crippen molar-refractivity contribution in [1.29, 1.82) is 0 Å². The molecule has 0 radical (unpaired) electrons. The first-order valence-corrected chi connectivity index (χ1v) is 12.9. The van der Waals surface area contributed by atoms with E-state index in [0.717, 1.165) is 12.1 Å². The lowest BCUT2D eigenvalue weighted by molar-refractivity contribution is -0.137. The van der Waals surface area contributed by atoms with Gasteiger partial charge in [0.1, 0.15) is 11.4 Å². The van der Waals surface area contributed by atoms with E-state index in [9.17, 15) is 22.8 Å². The molecular weight excluding hydrogens is 571 g/mol. The second-order valence-corrected chi connectivity index (χ2v) is 9.24. The maximum Gasteiger partial charge on any atom is 0.416 e. The number of methoxy groups -OCH3 is 2. The third-order valence-corrected chi connectivity index (χ3v) is 6.50. The van der Waals surface area contributed by atoms with E-state index < -0.39 is 24.3 Å². The van der Waals surface area contributed by atoms with Crippen LogP contribution in [-0.4, -0.2) is 49.2 Å². The summed E-state index contributed by atoms with van der Waals surface area (Å²) >= 11 is 5.61. The first-order valence-electron chi connectivity index (χ1n) is 12.5. The number of hydrogen-bond acceptors (Lipinski definition) is 6. The Labute approximate surface area is 245 Å². The number of benzene rings is 3. The fraction of sp³-hybridized carbons (Fsp3) is 0.167. The lowest BCUT2D eigenvalue weighted by Gasteiger charge is -2.20. The summed E-state index contributed by atoms with van der Waals surface area (Å²) in [5, 5.41) is 2.67. The third kappa shape index (κ3) is 6.72. The molecule has 0 aromatic heterocycles. The maximum absolute atomic E-state index is 13.3. The Hall–Kier alpha value is -4.84. The standard InChI is InChI=1S/C30H26F3N3O5S/c1-4-14-35-28(38)24(36(29(35)42)22-9-11-23(39-2)12-10-22)15-19-8-13-25(26(16-19)40-3)41-18-27(37)34-21-7-5-6-20(17-21)30(31,32)33/h4-13,15-17H,1,14,18H2,2-3H3,(H,34,37). The van der Waals surface area contributed by atoms with Gasteiger partial charge in [-0.2, -0.15) is 13.2 Å². The number of ether oxygens (including phenoxy) is 3. The molecular formula is C30H26F3N3O5S. The summed E-state index contributed by atoms with van der Waals surface area (Å²) in [7, 11) is 2.97. The van der Waals surface area contributed by atoms with Crippen LogP contribution < -0.4 is 24.4 Å². The van der Waals surface area contributed by atoms with E-state index in [1.165, 1.54) is 24.1 Å². The summed E-state index contributed by atoms with van der Waals surface area (Å²) in [6.07, 6.45) is -1.31. The molecule has 0 saturated carbocycles. The molecule has 1 aliphatic heterocycles. The molecule has 1 heterocycles. The molecule has 12 heteroatoms. The molecule has 1 aliphatic rings. The van der Waals surface area contributed by atoms with Crippen LogP contribution in [0.2, 0.25) is 0 Å². The highest BCUT2D eigenvalue weighted by Gasteiger charge is 2.38. The van der Waals surface area contributed by atoms with Gasteiger partial charge in [-0.1, -0.05) is 18.2 Å². The van der Waals surface area contributed by atoms with Crippen molar-refractivity contribution in [2.45, 2.75) is 6.18 Å². The van der Waals surface area contributed by atoms with Crippen molar-refractivity contribution in [1.82, 2.24) is 4.90 Å². The summed E-state index contributed by atoms with van der Waals surface area (Å²) < 4.78 is 55.1. The Morgan fingerprint density at radius 1 is 1.02 bits per heavy atom. The molecule has 3 aromatic rings. The summed E-state index contributed by atoms with van der Waals surface area (Å²) in [6, 6.07) is 16.2. The number of carbonyl (C=O) groups is 2. The number of amides is 2. The molecule has 4 rings (SSSR count). The first kappa shape index (κ1) is 30.1. The van der Waals surface area contributed by atoms with Crippen LogP contribution in [0.5, 0.6) is 17.2 Å². The number of carbonyl (C=O) groups excluding carboxylic acids is 2. The molecule has 0 atom stereocenters. The van der Waals surface area contributed by atoms with E-state index in [1.807, 2.05) is 0 Å². The van der Waals surface area contributed by atoms with Crippen LogP contribution in [0.25, 0.3) is 6.08 Å². The van der Waals surface area contributed by atoms with Gasteiger partial charge < -0.3 is 19.5 Å². The Balaban J connectivity index is 1.54. The summed E-state index contributed by atoms with van der Waals surface area (Å²) in [5.74, 6) is 0.148. The van der Waals surface area contributed by atoms with E-state index in [2.05, 4.69) is 11.9 Å². The Morgan fingerprint density at radius 2 is 1.76 bits per heavy atom. The van der Waals surface area contributed by atoms with Gasteiger partial charge in [0.25, 0.3) is 11.8 Å². The molecule has 0 spiro atoms. The van der Waals surface area contributed by atoms with E-state index in [1.54, 1.807) is 66.6 Å². The molecule has 2 amide bonds. The highest BCUT2D eigenvalue weighted by atomic mass is 32.1. The minimum atomic E-state index is -4.54. The van der Waals surface area contributed by atoms with Crippen LogP contribution in [0.4, 0.5) is 24.5 Å². The van der Waals surface area contributed by atoms with Crippen LogP contribution in [0.1, 0.15) is 11.1 Å². The van der Waals surface area contributed by atoms with E-state index >= 15 is 0 Å². The molecule has 1 saturated heterocycles. The van der Waals surface area contributed by atoms with Crippen molar-refractivity contribution in [3.8, 4) is 17.2 Å². The fourth-order valence-electron chi connectivity index (χ4n) is 4.11. The summed E-state index contributed by atoms with van der Waals surface area (Å²) in [5.41, 5.74) is 0.636. The molecule has 218 valence electrons. The van der Waals surface area contributed by atoms with Gasteiger partial charge >= 0.3 is 6.18 Å². The van der Waals surface area contributed by atoms with Crippen LogP contribution in [0, 0.1) is 0 Å². The second-order valence-electron chi connectivity index (χ2n) is 8.88.